The second-order valence-corrected chi connectivity index (χ2v) is 2.23. The van der Waals surface area contributed by atoms with E-state index in [0.29, 0.717) is 5.69 Å². The molecule has 68 valence electrons. The second kappa shape index (κ2) is 4.13. The van der Waals surface area contributed by atoms with Crippen LogP contribution in [0, 0.1) is 6.92 Å². The summed E-state index contributed by atoms with van der Waals surface area (Å²) in [5.74, 6) is -0.459. The van der Waals surface area contributed by atoms with Crippen molar-refractivity contribution in [2.75, 3.05) is 11.9 Å². The average Bonchev–Trinajstić information content (AvgIpc) is 2.48. The van der Waals surface area contributed by atoms with Crippen molar-refractivity contribution in [2.24, 2.45) is 5.11 Å². The van der Waals surface area contributed by atoms with Gasteiger partial charge in [0.2, 0.25) is 5.91 Å². The highest BCUT2D eigenvalue weighted by Gasteiger charge is 2.04. The minimum atomic E-state index is -0.459. The Hall–Kier alpha value is -2.01. The molecule has 0 atom stereocenters. The molecule has 0 unspecified atom stereocenters. The van der Waals surface area contributed by atoms with Gasteiger partial charge in [-0.25, -0.2) is 0 Å². The first kappa shape index (κ1) is 9.08. The lowest BCUT2D eigenvalue weighted by Gasteiger charge is -1.94. The van der Waals surface area contributed by atoms with E-state index in [-0.39, 0.29) is 12.6 Å². The standard InChI is InChI=1S/C6H7N5O2/c1-4-3-13-6(9-4)10-5(12)2-8-11-7/h3H,2H2,1H3,(H,9,10,12). The van der Waals surface area contributed by atoms with E-state index in [0.717, 1.165) is 0 Å². The van der Waals surface area contributed by atoms with Gasteiger partial charge < -0.3 is 4.42 Å². The number of aryl methyl sites for hydroxylation is 1. The Balaban J connectivity index is 2.49. The Kier molecular flexibility index (Phi) is 2.88. The first-order chi connectivity index (χ1) is 6.22. The Morgan fingerprint density at radius 1 is 1.92 bits per heavy atom. The monoisotopic (exact) mass is 181 g/mol. The number of nitrogens with one attached hydrogen (secondary N) is 1. The van der Waals surface area contributed by atoms with Gasteiger partial charge in [-0.05, 0) is 12.5 Å². The number of anilines is 1. The van der Waals surface area contributed by atoms with Gasteiger partial charge in [-0.1, -0.05) is 5.11 Å². The van der Waals surface area contributed by atoms with Gasteiger partial charge in [-0.3, -0.25) is 10.1 Å². The van der Waals surface area contributed by atoms with E-state index in [1.165, 1.54) is 6.26 Å². The fraction of sp³-hybridized carbons (Fsp3) is 0.333. The molecule has 0 aliphatic rings. The predicted molar refractivity (Wildman–Crippen MR) is 43.9 cm³/mol. The van der Waals surface area contributed by atoms with Crippen LogP contribution in [0.3, 0.4) is 0 Å². The van der Waals surface area contributed by atoms with Crippen LogP contribution in [0.1, 0.15) is 5.69 Å². The smallest absolute Gasteiger partial charge is 0.301 e. The molecule has 1 aromatic rings. The zero-order chi connectivity index (χ0) is 9.68. The number of hydrogen-bond acceptors (Lipinski definition) is 4. The Bertz CT molecular complexity index is 352. The van der Waals surface area contributed by atoms with E-state index in [1.54, 1.807) is 6.92 Å². The van der Waals surface area contributed by atoms with E-state index in [1.807, 2.05) is 0 Å². The number of nitrogens with zero attached hydrogens (tertiary/aromatic N) is 4. The van der Waals surface area contributed by atoms with Crippen molar-refractivity contribution in [3.63, 3.8) is 0 Å². The van der Waals surface area contributed by atoms with Gasteiger partial charge in [0.25, 0.3) is 0 Å². The highest BCUT2D eigenvalue weighted by Crippen LogP contribution is 2.05. The molecule has 0 aromatic carbocycles. The molecule has 0 fully saturated rings. The maximum Gasteiger partial charge on any atom is 0.301 e. The minimum Gasteiger partial charge on any atom is -0.432 e. The lowest BCUT2D eigenvalue weighted by molar-refractivity contribution is -0.115. The molecule has 7 nitrogen and oxygen atoms in total. The van der Waals surface area contributed by atoms with E-state index >= 15 is 0 Å². The molecule has 0 saturated carbocycles. The van der Waals surface area contributed by atoms with Crippen LogP contribution in [-0.4, -0.2) is 17.4 Å². The lowest BCUT2D eigenvalue weighted by atomic mass is 10.6. The van der Waals surface area contributed by atoms with Crippen LogP contribution in [0.25, 0.3) is 10.4 Å². The van der Waals surface area contributed by atoms with Crippen LogP contribution in [0.2, 0.25) is 0 Å². The van der Waals surface area contributed by atoms with Gasteiger partial charge in [0, 0.05) is 4.91 Å². The van der Waals surface area contributed by atoms with Crippen molar-refractivity contribution in [1.29, 1.82) is 0 Å². The maximum atomic E-state index is 10.9. The molecule has 1 aromatic heterocycles. The number of carbonyl (C=O) groups is 1. The number of amides is 1. The number of rotatable bonds is 3. The van der Waals surface area contributed by atoms with E-state index < -0.39 is 5.91 Å². The number of oxazole rings is 1. The predicted octanol–water partition coefficient (Wildman–Crippen LogP) is 1.23. The molecule has 0 spiro atoms. The van der Waals surface area contributed by atoms with Gasteiger partial charge in [-0.15, -0.1) is 0 Å². The third-order valence-corrected chi connectivity index (χ3v) is 1.14. The summed E-state index contributed by atoms with van der Waals surface area (Å²) >= 11 is 0. The molecule has 0 saturated heterocycles. The first-order valence-electron chi connectivity index (χ1n) is 3.45. The quantitative estimate of drug-likeness (QED) is 0.430. The van der Waals surface area contributed by atoms with Crippen LogP contribution in [0.4, 0.5) is 6.01 Å². The van der Waals surface area contributed by atoms with Crippen molar-refractivity contribution < 1.29 is 9.21 Å². The van der Waals surface area contributed by atoms with Crippen LogP contribution in [-0.2, 0) is 4.79 Å². The Morgan fingerprint density at radius 3 is 3.23 bits per heavy atom. The summed E-state index contributed by atoms with van der Waals surface area (Å²) in [6.45, 7) is 1.46. The molecule has 0 radical (unpaired) electrons. The third kappa shape index (κ3) is 2.84. The van der Waals surface area contributed by atoms with Gasteiger partial charge >= 0.3 is 6.01 Å². The molecule has 7 heteroatoms. The molecule has 0 bridgehead atoms. The van der Waals surface area contributed by atoms with Gasteiger partial charge in [-0.2, -0.15) is 4.98 Å². The molecule has 1 N–H and O–H groups in total. The fourth-order valence-electron chi connectivity index (χ4n) is 0.666. The molecular formula is C6H7N5O2. The van der Waals surface area contributed by atoms with Crippen molar-refractivity contribution in [1.82, 2.24) is 4.98 Å². The number of aromatic nitrogens is 1. The topological polar surface area (TPSA) is 104 Å². The molecule has 1 heterocycles. The minimum absolute atomic E-state index is 0.107. The van der Waals surface area contributed by atoms with Crippen molar-refractivity contribution in [2.45, 2.75) is 6.92 Å². The summed E-state index contributed by atoms with van der Waals surface area (Å²) in [5, 5.41) is 5.39. The molecular weight excluding hydrogens is 174 g/mol. The zero-order valence-corrected chi connectivity index (χ0v) is 6.89. The molecule has 0 aliphatic carbocycles. The average molecular weight is 181 g/mol. The summed E-state index contributed by atoms with van der Waals surface area (Å²) in [7, 11) is 0. The zero-order valence-electron chi connectivity index (χ0n) is 6.89. The van der Waals surface area contributed by atoms with E-state index in [2.05, 4.69) is 20.3 Å². The number of carbonyl (C=O) groups excluding carboxylic acids is 1. The van der Waals surface area contributed by atoms with Crippen LogP contribution >= 0.6 is 0 Å². The molecule has 0 aliphatic heterocycles. The van der Waals surface area contributed by atoms with E-state index in [9.17, 15) is 4.79 Å². The lowest BCUT2D eigenvalue weighted by Crippen LogP contribution is -2.14. The third-order valence-electron chi connectivity index (χ3n) is 1.14. The molecule has 1 amide bonds. The molecule has 13 heavy (non-hydrogen) atoms. The summed E-state index contributed by atoms with van der Waals surface area (Å²) in [4.78, 5) is 17.2. The summed E-state index contributed by atoms with van der Waals surface area (Å²) in [6, 6.07) is 0.107. The Morgan fingerprint density at radius 2 is 2.69 bits per heavy atom. The Labute approximate surface area is 73.4 Å². The SMILES string of the molecule is Cc1coc(NC(=O)CN=[N+]=[N-])n1. The second-order valence-electron chi connectivity index (χ2n) is 2.23. The van der Waals surface area contributed by atoms with Gasteiger partial charge in [0.1, 0.15) is 12.8 Å². The van der Waals surface area contributed by atoms with Crippen LogP contribution in [0.5, 0.6) is 0 Å². The summed E-state index contributed by atoms with van der Waals surface area (Å²) < 4.78 is 4.84. The number of azide groups is 1. The van der Waals surface area contributed by atoms with Crippen molar-refractivity contribution in [3.8, 4) is 0 Å². The van der Waals surface area contributed by atoms with Gasteiger partial charge in [0.15, 0.2) is 0 Å². The normalized spacial score (nSPS) is 9.00. The van der Waals surface area contributed by atoms with Crippen LogP contribution in [0.15, 0.2) is 15.8 Å². The highest BCUT2D eigenvalue weighted by molar-refractivity contribution is 5.90. The summed E-state index contributed by atoms with van der Waals surface area (Å²) in [5.41, 5.74) is 8.59. The largest absolute Gasteiger partial charge is 0.432 e. The van der Waals surface area contributed by atoms with E-state index in [4.69, 9.17) is 9.95 Å². The highest BCUT2D eigenvalue weighted by atomic mass is 16.4. The maximum absolute atomic E-state index is 10.9. The molecule has 1 rings (SSSR count). The summed E-state index contributed by atoms with van der Waals surface area (Å²) in [6.07, 6.45) is 1.41. The fourth-order valence-corrected chi connectivity index (χ4v) is 0.666. The van der Waals surface area contributed by atoms with Crippen LogP contribution < -0.4 is 5.32 Å². The van der Waals surface area contributed by atoms with Crippen molar-refractivity contribution in [3.05, 3.63) is 22.4 Å². The number of hydrogen-bond donors (Lipinski definition) is 1. The first-order valence-corrected chi connectivity index (χ1v) is 3.45. The van der Waals surface area contributed by atoms with Crippen molar-refractivity contribution >= 4 is 11.9 Å². The van der Waals surface area contributed by atoms with Gasteiger partial charge in [0.05, 0.1) is 5.69 Å².